The highest BCUT2D eigenvalue weighted by molar-refractivity contribution is 7.16. The number of anilines is 1. The summed E-state index contributed by atoms with van der Waals surface area (Å²) < 4.78 is 4.97. The average Bonchev–Trinajstić information content (AvgIpc) is 2.79. The van der Waals surface area contributed by atoms with Gasteiger partial charge in [0.2, 0.25) is 0 Å². The largest absolute Gasteiger partial charge is 0.481 e. The van der Waals surface area contributed by atoms with Gasteiger partial charge in [-0.2, -0.15) is 0 Å². The van der Waals surface area contributed by atoms with Gasteiger partial charge in [-0.15, -0.1) is 11.3 Å². The maximum atomic E-state index is 12.0. The molecule has 0 radical (unpaired) electrons. The van der Waals surface area contributed by atoms with Crippen molar-refractivity contribution in [2.75, 3.05) is 24.6 Å². The molecule has 1 heterocycles. The number of carbonyl (C=O) groups excluding carboxylic acids is 1. The molecule has 2 N–H and O–H groups in total. The number of esters is 1. The molecule has 7 nitrogen and oxygen atoms in total. The van der Waals surface area contributed by atoms with Crippen molar-refractivity contribution in [2.45, 2.75) is 20.8 Å². The topological polar surface area (TPSA) is 104 Å². The van der Waals surface area contributed by atoms with Gasteiger partial charge in [-0.3, -0.25) is 9.59 Å². The SMILES string of the molecule is CCOC(=O)c1cc(C)sc1N(CC(=O)O)CC(C)C(=O)O. The summed E-state index contributed by atoms with van der Waals surface area (Å²) in [5.74, 6) is -3.43. The van der Waals surface area contributed by atoms with Crippen LogP contribution in [0.25, 0.3) is 0 Å². The van der Waals surface area contributed by atoms with Crippen LogP contribution >= 0.6 is 11.3 Å². The van der Waals surface area contributed by atoms with Crippen molar-refractivity contribution in [2.24, 2.45) is 5.92 Å². The minimum absolute atomic E-state index is 0.00596. The van der Waals surface area contributed by atoms with E-state index in [1.54, 1.807) is 19.9 Å². The van der Waals surface area contributed by atoms with Crippen LogP contribution in [0.1, 0.15) is 29.1 Å². The Morgan fingerprint density at radius 3 is 2.50 bits per heavy atom. The van der Waals surface area contributed by atoms with Crippen LogP contribution in [0.2, 0.25) is 0 Å². The minimum atomic E-state index is -1.10. The Bertz CT molecular complexity index is 568. The quantitative estimate of drug-likeness (QED) is 0.701. The van der Waals surface area contributed by atoms with Gasteiger partial charge in [-0.1, -0.05) is 6.92 Å². The predicted molar refractivity (Wildman–Crippen MR) is 81.7 cm³/mol. The highest BCUT2D eigenvalue weighted by Crippen LogP contribution is 2.32. The molecule has 0 aromatic carbocycles. The van der Waals surface area contributed by atoms with Gasteiger partial charge in [0.25, 0.3) is 0 Å². The lowest BCUT2D eigenvalue weighted by Gasteiger charge is -2.24. The highest BCUT2D eigenvalue weighted by Gasteiger charge is 2.25. The number of rotatable bonds is 8. The minimum Gasteiger partial charge on any atom is -0.481 e. The first-order valence-corrected chi connectivity index (χ1v) is 7.55. The van der Waals surface area contributed by atoms with Gasteiger partial charge in [-0.05, 0) is 19.9 Å². The molecule has 0 aliphatic carbocycles. The molecule has 0 aliphatic heterocycles. The number of carbonyl (C=O) groups is 3. The number of hydrogen-bond donors (Lipinski definition) is 2. The normalized spacial score (nSPS) is 11.8. The lowest BCUT2D eigenvalue weighted by atomic mass is 10.1. The maximum Gasteiger partial charge on any atom is 0.341 e. The van der Waals surface area contributed by atoms with Gasteiger partial charge in [0, 0.05) is 11.4 Å². The van der Waals surface area contributed by atoms with Crippen LogP contribution in [0.4, 0.5) is 5.00 Å². The van der Waals surface area contributed by atoms with Crippen molar-refractivity contribution < 1.29 is 29.3 Å². The molecule has 1 aromatic rings. The lowest BCUT2D eigenvalue weighted by molar-refractivity contribution is -0.141. The third kappa shape index (κ3) is 4.73. The summed E-state index contributed by atoms with van der Waals surface area (Å²) in [6.45, 7) is 4.77. The molecule has 1 atom stereocenters. The number of ether oxygens (including phenoxy) is 1. The van der Waals surface area contributed by atoms with E-state index in [1.165, 1.54) is 23.2 Å². The molecule has 1 rings (SSSR count). The van der Waals surface area contributed by atoms with Crippen LogP contribution in [0.5, 0.6) is 0 Å². The zero-order valence-corrected chi connectivity index (χ0v) is 13.5. The standard InChI is InChI=1S/C14H19NO6S/c1-4-21-14(20)10-5-9(3)22-12(10)15(7-11(16)17)6-8(2)13(18)19/h5,8H,4,6-7H2,1-3H3,(H,16,17)(H,18,19). The van der Waals surface area contributed by atoms with E-state index in [9.17, 15) is 14.4 Å². The van der Waals surface area contributed by atoms with Crippen molar-refractivity contribution in [3.63, 3.8) is 0 Å². The Kier molecular flexibility index (Phi) is 6.36. The summed E-state index contributed by atoms with van der Waals surface area (Å²) in [6.07, 6.45) is 0. The summed E-state index contributed by atoms with van der Waals surface area (Å²) in [6, 6.07) is 1.62. The van der Waals surface area contributed by atoms with Crippen LogP contribution in [-0.4, -0.2) is 47.8 Å². The molecule has 0 aliphatic rings. The molecule has 1 unspecified atom stereocenters. The summed E-state index contributed by atoms with van der Waals surface area (Å²) in [5.41, 5.74) is 0.267. The number of carboxylic acids is 2. The Balaban J connectivity index is 3.15. The molecule has 1 aromatic heterocycles. The van der Waals surface area contributed by atoms with Crippen molar-refractivity contribution >= 4 is 34.2 Å². The average molecular weight is 329 g/mol. The second-order valence-corrected chi connectivity index (χ2v) is 6.04. The number of nitrogens with zero attached hydrogens (tertiary/aromatic N) is 1. The molecule has 22 heavy (non-hydrogen) atoms. The van der Waals surface area contributed by atoms with Crippen molar-refractivity contribution in [1.29, 1.82) is 0 Å². The highest BCUT2D eigenvalue weighted by atomic mass is 32.1. The van der Waals surface area contributed by atoms with Crippen LogP contribution in [0.3, 0.4) is 0 Å². The van der Waals surface area contributed by atoms with Gasteiger partial charge >= 0.3 is 17.9 Å². The Hall–Kier alpha value is -2.09. The van der Waals surface area contributed by atoms with Crippen LogP contribution in [-0.2, 0) is 14.3 Å². The second kappa shape index (κ2) is 7.79. The predicted octanol–water partition coefficient (Wildman–Crippen LogP) is 1.84. The zero-order chi connectivity index (χ0) is 16.9. The van der Waals surface area contributed by atoms with Crippen LogP contribution in [0, 0.1) is 12.8 Å². The molecule has 0 fully saturated rings. The van der Waals surface area contributed by atoms with Crippen LogP contribution in [0.15, 0.2) is 6.07 Å². The fourth-order valence-corrected chi connectivity index (χ4v) is 2.89. The number of hydrogen-bond acceptors (Lipinski definition) is 6. The van der Waals surface area contributed by atoms with E-state index in [1.807, 2.05) is 0 Å². The number of aliphatic carboxylic acids is 2. The molecule has 122 valence electrons. The van der Waals surface area contributed by atoms with Gasteiger partial charge < -0.3 is 19.8 Å². The van der Waals surface area contributed by atoms with Gasteiger partial charge in [0.05, 0.1) is 18.1 Å². The fraction of sp³-hybridized carbons (Fsp3) is 0.500. The molecular weight excluding hydrogens is 310 g/mol. The van der Waals surface area contributed by atoms with Gasteiger partial charge in [0.1, 0.15) is 11.5 Å². The first-order valence-electron chi connectivity index (χ1n) is 6.73. The van der Waals surface area contributed by atoms with Gasteiger partial charge in [-0.25, -0.2) is 4.79 Å². The van der Waals surface area contributed by atoms with E-state index < -0.39 is 23.8 Å². The summed E-state index contributed by atoms with van der Waals surface area (Å²) in [7, 11) is 0. The number of carboxylic acid groups (broad SMARTS) is 2. The summed E-state index contributed by atoms with van der Waals surface area (Å²) in [4.78, 5) is 36.3. The number of thiophene rings is 1. The first-order chi connectivity index (χ1) is 10.3. The first kappa shape index (κ1) is 18.0. The molecule has 8 heteroatoms. The number of aryl methyl sites for hydroxylation is 1. The summed E-state index contributed by atoms with van der Waals surface area (Å²) in [5, 5.41) is 18.5. The fourth-order valence-electron chi connectivity index (χ4n) is 1.88. The molecule has 0 bridgehead atoms. The van der Waals surface area contributed by atoms with Gasteiger partial charge in [0.15, 0.2) is 0 Å². The third-order valence-electron chi connectivity index (χ3n) is 2.86. The van der Waals surface area contributed by atoms with Crippen LogP contribution < -0.4 is 4.90 Å². The van der Waals surface area contributed by atoms with Crippen molar-refractivity contribution in [3.8, 4) is 0 Å². The second-order valence-electron chi connectivity index (χ2n) is 4.81. The summed E-state index contributed by atoms with van der Waals surface area (Å²) >= 11 is 1.24. The Morgan fingerprint density at radius 1 is 1.36 bits per heavy atom. The molecule has 0 spiro atoms. The molecule has 0 saturated carbocycles. The third-order valence-corrected chi connectivity index (χ3v) is 3.97. The van der Waals surface area contributed by atoms with Crippen molar-refractivity contribution in [1.82, 2.24) is 0 Å². The van der Waals surface area contributed by atoms with E-state index in [-0.39, 0.29) is 25.3 Å². The smallest absolute Gasteiger partial charge is 0.341 e. The Morgan fingerprint density at radius 2 is 2.00 bits per heavy atom. The van der Waals surface area contributed by atoms with Crippen molar-refractivity contribution in [3.05, 3.63) is 16.5 Å². The van der Waals surface area contributed by atoms with E-state index in [0.29, 0.717) is 5.00 Å². The lowest BCUT2D eigenvalue weighted by Crippen LogP contribution is -2.36. The maximum absolute atomic E-state index is 12.0. The van der Waals surface area contributed by atoms with E-state index in [2.05, 4.69) is 0 Å². The van der Waals surface area contributed by atoms with E-state index >= 15 is 0 Å². The molecule has 0 amide bonds. The Labute approximate surface area is 132 Å². The zero-order valence-electron chi connectivity index (χ0n) is 12.7. The van der Waals surface area contributed by atoms with E-state index in [0.717, 1.165) is 4.88 Å². The molecule has 0 saturated heterocycles. The molecular formula is C14H19NO6S. The van der Waals surface area contributed by atoms with E-state index in [4.69, 9.17) is 14.9 Å². The monoisotopic (exact) mass is 329 g/mol.